The lowest BCUT2D eigenvalue weighted by Gasteiger charge is -2.37. The Balaban J connectivity index is 1.55. The van der Waals surface area contributed by atoms with E-state index in [0.717, 1.165) is 15.6 Å². The Labute approximate surface area is 220 Å². The van der Waals surface area contributed by atoms with E-state index in [-0.39, 0.29) is 28.1 Å². The van der Waals surface area contributed by atoms with Crippen LogP contribution in [0.3, 0.4) is 0 Å². The highest BCUT2D eigenvalue weighted by Gasteiger charge is 2.30. The van der Waals surface area contributed by atoms with Crippen LogP contribution in [0.25, 0.3) is 0 Å². The van der Waals surface area contributed by atoms with Gasteiger partial charge in [0.05, 0.1) is 20.6 Å². The number of sulfonamides is 1. The van der Waals surface area contributed by atoms with Crippen molar-refractivity contribution in [3.63, 3.8) is 0 Å². The van der Waals surface area contributed by atoms with Gasteiger partial charge >= 0.3 is 0 Å². The summed E-state index contributed by atoms with van der Waals surface area (Å²) in [5.41, 5.74) is 2.41. The second-order valence-corrected chi connectivity index (χ2v) is 11.3. The quantitative estimate of drug-likeness (QED) is 0.405. The molecule has 0 saturated carbocycles. The van der Waals surface area contributed by atoms with Crippen LogP contribution >= 0.6 is 34.8 Å². The first-order chi connectivity index (χ1) is 16.7. The molecule has 0 aliphatic carbocycles. The molecule has 1 heterocycles. The molecule has 1 fully saturated rings. The molecule has 184 valence electrons. The minimum Gasteiger partial charge on any atom is -0.368 e. The molecule has 0 spiro atoms. The number of benzene rings is 3. The second-order valence-electron chi connectivity index (χ2n) is 8.22. The van der Waals surface area contributed by atoms with Crippen molar-refractivity contribution in [2.75, 3.05) is 41.9 Å². The van der Waals surface area contributed by atoms with Gasteiger partial charge in [-0.3, -0.25) is 9.10 Å². The molecule has 3 aromatic rings. The van der Waals surface area contributed by atoms with Crippen molar-refractivity contribution >= 4 is 62.1 Å². The topological polar surface area (TPSA) is 60.9 Å². The SMILES string of the molecule is Cc1ccc(Cl)cc1N1CCN(C(=O)CN(c2ccc(Cl)c(Cl)c2)S(=O)(=O)c2ccccc2)CC1. The van der Waals surface area contributed by atoms with E-state index in [0.29, 0.717) is 36.2 Å². The predicted molar refractivity (Wildman–Crippen MR) is 142 cm³/mol. The maximum atomic E-state index is 13.5. The standard InChI is InChI=1S/C25H24Cl3N3O3S/c1-18-7-8-19(26)15-24(18)29-11-13-30(14-12-29)25(32)17-31(20-9-10-22(27)23(28)16-20)35(33,34)21-5-3-2-4-6-21/h2-10,15-16H,11-14,17H2,1H3. The third kappa shape index (κ3) is 5.70. The van der Waals surface area contributed by atoms with Crippen LogP contribution in [0.2, 0.25) is 15.1 Å². The summed E-state index contributed by atoms with van der Waals surface area (Å²) < 4.78 is 28.1. The van der Waals surface area contributed by atoms with Crippen LogP contribution in [-0.4, -0.2) is 51.9 Å². The third-order valence-electron chi connectivity index (χ3n) is 5.95. The van der Waals surface area contributed by atoms with Crippen molar-refractivity contribution in [3.8, 4) is 0 Å². The monoisotopic (exact) mass is 551 g/mol. The molecule has 1 saturated heterocycles. The third-order valence-corrected chi connectivity index (χ3v) is 8.71. The number of carbonyl (C=O) groups excluding carboxylic acids is 1. The van der Waals surface area contributed by atoms with Crippen LogP contribution in [0.4, 0.5) is 11.4 Å². The Kier molecular flexibility index (Phi) is 7.81. The van der Waals surface area contributed by atoms with Gasteiger partial charge in [0.25, 0.3) is 10.0 Å². The van der Waals surface area contributed by atoms with E-state index in [1.807, 2.05) is 25.1 Å². The molecule has 35 heavy (non-hydrogen) atoms. The number of nitrogens with zero attached hydrogens (tertiary/aromatic N) is 3. The molecule has 3 aromatic carbocycles. The summed E-state index contributed by atoms with van der Waals surface area (Å²) in [4.78, 5) is 17.2. The lowest BCUT2D eigenvalue weighted by molar-refractivity contribution is -0.129. The lowest BCUT2D eigenvalue weighted by atomic mass is 10.1. The van der Waals surface area contributed by atoms with Gasteiger partial charge in [0.1, 0.15) is 6.54 Å². The van der Waals surface area contributed by atoms with Crippen molar-refractivity contribution in [2.24, 2.45) is 0 Å². The number of carbonyl (C=O) groups is 1. The highest BCUT2D eigenvalue weighted by Crippen LogP contribution is 2.31. The van der Waals surface area contributed by atoms with Crippen LogP contribution in [0.5, 0.6) is 0 Å². The predicted octanol–water partition coefficient (Wildman–Crippen LogP) is 5.50. The largest absolute Gasteiger partial charge is 0.368 e. The van der Waals surface area contributed by atoms with Crippen LogP contribution < -0.4 is 9.21 Å². The van der Waals surface area contributed by atoms with E-state index in [1.165, 1.54) is 24.3 Å². The molecule has 6 nitrogen and oxygen atoms in total. The highest BCUT2D eigenvalue weighted by molar-refractivity contribution is 7.92. The molecule has 0 unspecified atom stereocenters. The number of aryl methyl sites for hydroxylation is 1. The zero-order valence-corrected chi connectivity index (χ0v) is 22.1. The number of anilines is 2. The molecule has 1 aliphatic heterocycles. The molecule has 1 aliphatic rings. The first-order valence-corrected chi connectivity index (χ1v) is 13.6. The second kappa shape index (κ2) is 10.7. The van der Waals surface area contributed by atoms with Gasteiger partial charge < -0.3 is 9.80 Å². The minimum absolute atomic E-state index is 0.0834. The Morgan fingerprint density at radius 3 is 2.23 bits per heavy atom. The smallest absolute Gasteiger partial charge is 0.264 e. The van der Waals surface area contributed by atoms with Crippen molar-refractivity contribution < 1.29 is 13.2 Å². The van der Waals surface area contributed by atoms with E-state index in [2.05, 4.69) is 4.90 Å². The average Bonchev–Trinajstić information content (AvgIpc) is 2.86. The summed E-state index contributed by atoms with van der Waals surface area (Å²) >= 11 is 18.4. The molecule has 4 rings (SSSR count). The Hall–Kier alpha value is -2.45. The fraction of sp³-hybridized carbons (Fsp3) is 0.240. The first-order valence-electron chi connectivity index (χ1n) is 11.0. The Bertz CT molecular complexity index is 1330. The fourth-order valence-electron chi connectivity index (χ4n) is 4.02. The normalized spacial score (nSPS) is 14.2. The van der Waals surface area contributed by atoms with Gasteiger partial charge in [0.2, 0.25) is 5.91 Å². The molecule has 10 heteroatoms. The van der Waals surface area contributed by atoms with E-state index in [4.69, 9.17) is 34.8 Å². The Morgan fingerprint density at radius 2 is 1.57 bits per heavy atom. The van der Waals surface area contributed by atoms with Crippen LogP contribution in [0, 0.1) is 6.92 Å². The maximum absolute atomic E-state index is 13.5. The van der Waals surface area contributed by atoms with E-state index in [9.17, 15) is 13.2 Å². The summed E-state index contributed by atoms with van der Waals surface area (Å²) in [6, 6.07) is 18.3. The summed E-state index contributed by atoms with van der Waals surface area (Å²) in [5.74, 6) is -0.293. The molecule has 0 atom stereocenters. The summed E-state index contributed by atoms with van der Waals surface area (Å²) in [6.07, 6.45) is 0. The zero-order chi connectivity index (χ0) is 25.2. The van der Waals surface area contributed by atoms with Crippen molar-refractivity contribution in [1.29, 1.82) is 0 Å². The van der Waals surface area contributed by atoms with Crippen LogP contribution in [0.15, 0.2) is 71.6 Å². The number of piperazine rings is 1. The number of amides is 1. The van der Waals surface area contributed by atoms with Crippen LogP contribution in [-0.2, 0) is 14.8 Å². The molecular formula is C25H24Cl3N3O3S. The average molecular weight is 553 g/mol. The first kappa shape index (κ1) is 25.6. The fourth-order valence-corrected chi connectivity index (χ4v) is 5.90. The molecule has 0 bridgehead atoms. The van der Waals surface area contributed by atoms with E-state index in [1.54, 1.807) is 29.2 Å². The number of halogens is 3. The molecule has 0 N–H and O–H groups in total. The molecule has 0 radical (unpaired) electrons. The van der Waals surface area contributed by atoms with E-state index >= 15 is 0 Å². The molecule has 0 aromatic heterocycles. The summed E-state index contributed by atoms with van der Waals surface area (Å²) in [6.45, 7) is 3.82. The van der Waals surface area contributed by atoms with Gasteiger partial charge in [0, 0.05) is 36.9 Å². The van der Waals surface area contributed by atoms with Gasteiger partial charge in [-0.05, 0) is 55.0 Å². The van der Waals surface area contributed by atoms with Crippen molar-refractivity contribution in [2.45, 2.75) is 11.8 Å². The van der Waals surface area contributed by atoms with E-state index < -0.39 is 10.0 Å². The van der Waals surface area contributed by atoms with Gasteiger partial charge in [-0.25, -0.2) is 8.42 Å². The number of hydrogen-bond acceptors (Lipinski definition) is 4. The van der Waals surface area contributed by atoms with Gasteiger partial charge in [-0.15, -0.1) is 0 Å². The summed E-state index contributed by atoms with van der Waals surface area (Å²) in [7, 11) is -4.02. The minimum atomic E-state index is -4.02. The highest BCUT2D eigenvalue weighted by atomic mass is 35.5. The molecule has 1 amide bonds. The van der Waals surface area contributed by atoms with Crippen LogP contribution in [0.1, 0.15) is 5.56 Å². The van der Waals surface area contributed by atoms with Gasteiger partial charge in [0.15, 0.2) is 0 Å². The maximum Gasteiger partial charge on any atom is 0.264 e. The lowest BCUT2D eigenvalue weighted by Crippen LogP contribution is -2.52. The van der Waals surface area contributed by atoms with Crippen molar-refractivity contribution in [3.05, 3.63) is 87.4 Å². The number of rotatable bonds is 6. The Morgan fingerprint density at radius 1 is 0.886 bits per heavy atom. The van der Waals surface area contributed by atoms with Gasteiger partial charge in [-0.1, -0.05) is 59.1 Å². The zero-order valence-electron chi connectivity index (χ0n) is 19.0. The molecular weight excluding hydrogens is 529 g/mol. The van der Waals surface area contributed by atoms with Crippen molar-refractivity contribution in [1.82, 2.24) is 4.90 Å². The number of hydrogen-bond donors (Lipinski definition) is 0. The summed E-state index contributed by atoms with van der Waals surface area (Å²) in [5, 5.41) is 1.16. The van der Waals surface area contributed by atoms with Gasteiger partial charge in [-0.2, -0.15) is 0 Å².